The number of hydrogen-bond acceptors (Lipinski definition) is 7. The van der Waals surface area contributed by atoms with E-state index in [1.807, 2.05) is 85.8 Å². The molecular weight excluding hydrogens is 532 g/mol. The number of ether oxygens (including phenoxy) is 4. The lowest BCUT2D eigenvalue weighted by atomic mass is 9.97. The van der Waals surface area contributed by atoms with Crippen molar-refractivity contribution in [1.82, 2.24) is 4.98 Å². The summed E-state index contributed by atoms with van der Waals surface area (Å²) in [6.07, 6.45) is 0. The molecule has 8 heteroatoms. The zero-order valence-corrected chi connectivity index (χ0v) is 23.5. The first-order valence-corrected chi connectivity index (χ1v) is 13.3. The van der Waals surface area contributed by atoms with E-state index in [4.69, 9.17) is 23.9 Å². The highest BCUT2D eigenvalue weighted by atomic mass is 16.5. The zero-order valence-electron chi connectivity index (χ0n) is 23.5. The Morgan fingerprint density at radius 1 is 0.810 bits per heavy atom. The van der Waals surface area contributed by atoms with Crippen LogP contribution in [0.1, 0.15) is 21.5 Å². The third kappa shape index (κ3) is 6.33. The third-order valence-electron chi connectivity index (χ3n) is 6.73. The number of para-hydroxylation sites is 1. The topological polar surface area (TPSA) is 96.0 Å². The molecule has 0 unspecified atom stereocenters. The molecule has 42 heavy (non-hydrogen) atoms. The zero-order chi connectivity index (χ0) is 29.5. The lowest BCUT2D eigenvalue weighted by Crippen LogP contribution is -2.22. The van der Waals surface area contributed by atoms with Gasteiger partial charge in [0.15, 0.2) is 6.61 Å². The van der Waals surface area contributed by atoms with Gasteiger partial charge in [0.2, 0.25) is 0 Å². The monoisotopic (exact) mass is 562 g/mol. The van der Waals surface area contributed by atoms with Crippen LogP contribution < -0.4 is 19.5 Å². The largest absolute Gasteiger partial charge is 0.497 e. The molecule has 0 fully saturated rings. The summed E-state index contributed by atoms with van der Waals surface area (Å²) in [5.41, 5.74) is 4.62. The Labute approximate surface area is 243 Å². The molecule has 0 bridgehead atoms. The molecule has 0 saturated carbocycles. The van der Waals surface area contributed by atoms with E-state index in [-0.39, 0.29) is 0 Å². The van der Waals surface area contributed by atoms with E-state index in [9.17, 15) is 9.59 Å². The number of aromatic nitrogens is 1. The number of nitrogens with zero attached hydrogens (tertiary/aromatic N) is 1. The molecule has 0 aliphatic rings. The Kier molecular flexibility index (Phi) is 8.63. The molecule has 0 atom stereocenters. The quantitative estimate of drug-likeness (QED) is 0.192. The van der Waals surface area contributed by atoms with Crippen LogP contribution in [0.3, 0.4) is 0 Å². The second-order valence-corrected chi connectivity index (χ2v) is 9.47. The standard InChI is InChI=1S/C34H30N2O6/c1-22-32(34(38)42-21-31(37)35-29-18-17-26(39-2)19-30(29)40-3)27-11-7-8-12-28(27)36-33(22)24-13-15-25(16-14-24)41-20-23-9-5-4-6-10-23/h4-19H,20-21H2,1-3H3,(H,35,37). The number of carbonyl (C=O) groups is 2. The van der Waals surface area contributed by atoms with E-state index in [2.05, 4.69) is 5.32 Å². The molecule has 4 aromatic carbocycles. The average Bonchev–Trinajstić information content (AvgIpc) is 3.03. The minimum absolute atomic E-state index is 0.356. The van der Waals surface area contributed by atoms with Crippen LogP contribution in [-0.2, 0) is 16.1 Å². The van der Waals surface area contributed by atoms with Crippen LogP contribution in [0.2, 0.25) is 0 Å². The Hall–Kier alpha value is -5.37. The number of amides is 1. The second kappa shape index (κ2) is 12.9. The number of esters is 1. The van der Waals surface area contributed by atoms with Crippen molar-refractivity contribution < 1.29 is 28.5 Å². The number of anilines is 1. The van der Waals surface area contributed by atoms with Gasteiger partial charge >= 0.3 is 5.97 Å². The number of fused-ring (bicyclic) bond motifs is 1. The molecule has 1 heterocycles. The molecule has 1 aromatic heterocycles. The Bertz CT molecular complexity index is 1720. The van der Waals surface area contributed by atoms with E-state index in [0.717, 1.165) is 16.9 Å². The van der Waals surface area contributed by atoms with Crippen LogP contribution in [0.15, 0.2) is 97.1 Å². The van der Waals surface area contributed by atoms with Crippen molar-refractivity contribution >= 4 is 28.5 Å². The van der Waals surface area contributed by atoms with Crippen LogP contribution in [0.4, 0.5) is 5.69 Å². The maximum Gasteiger partial charge on any atom is 0.339 e. The van der Waals surface area contributed by atoms with Gasteiger partial charge < -0.3 is 24.3 Å². The molecule has 1 N–H and O–H groups in total. The minimum Gasteiger partial charge on any atom is -0.497 e. The van der Waals surface area contributed by atoms with Gasteiger partial charge in [-0.25, -0.2) is 9.78 Å². The van der Waals surface area contributed by atoms with E-state index >= 15 is 0 Å². The second-order valence-electron chi connectivity index (χ2n) is 9.47. The smallest absolute Gasteiger partial charge is 0.339 e. The van der Waals surface area contributed by atoms with Crippen molar-refractivity contribution in [3.8, 4) is 28.5 Å². The Morgan fingerprint density at radius 3 is 2.26 bits per heavy atom. The normalized spacial score (nSPS) is 10.6. The van der Waals surface area contributed by atoms with Crippen LogP contribution >= 0.6 is 0 Å². The molecule has 0 radical (unpaired) electrons. The predicted molar refractivity (Wildman–Crippen MR) is 161 cm³/mol. The van der Waals surface area contributed by atoms with Crippen molar-refractivity contribution in [2.75, 3.05) is 26.1 Å². The van der Waals surface area contributed by atoms with Gasteiger partial charge in [0.1, 0.15) is 23.9 Å². The third-order valence-corrected chi connectivity index (χ3v) is 6.73. The summed E-state index contributed by atoms with van der Waals surface area (Å²) in [6.45, 7) is 1.81. The molecule has 0 aliphatic heterocycles. The number of pyridine rings is 1. The molecule has 8 nitrogen and oxygen atoms in total. The number of carbonyl (C=O) groups excluding carboxylic acids is 2. The number of methoxy groups -OCH3 is 2. The van der Waals surface area contributed by atoms with Gasteiger partial charge in [-0.3, -0.25) is 4.79 Å². The molecule has 0 spiro atoms. The van der Waals surface area contributed by atoms with E-state index in [1.165, 1.54) is 7.11 Å². The number of rotatable bonds is 10. The van der Waals surface area contributed by atoms with Gasteiger partial charge in [-0.15, -0.1) is 0 Å². The fourth-order valence-electron chi connectivity index (χ4n) is 4.59. The molecule has 1 amide bonds. The highest BCUT2D eigenvalue weighted by Gasteiger charge is 2.21. The summed E-state index contributed by atoms with van der Waals surface area (Å²) in [5.74, 6) is 0.605. The first kappa shape index (κ1) is 28.2. The summed E-state index contributed by atoms with van der Waals surface area (Å²) in [5, 5.41) is 3.36. The van der Waals surface area contributed by atoms with Gasteiger partial charge in [0.25, 0.3) is 5.91 Å². The first-order valence-electron chi connectivity index (χ1n) is 13.3. The SMILES string of the molecule is COc1ccc(NC(=O)COC(=O)c2c(C)c(-c3ccc(OCc4ccccc4)cc3)nc3ccccc23)c(OC)c1. The summed E-state index contributed by atoms with van der Waals surface area (Å²) in [7, 11) is 3.03. The Balaban J connectivity index is 1.34. The molecular formula is C34H30N2O6. The minimum atomic E-state index is -0.619. The molecule has 5 rings (SSSR count). The highest BCUT2D eigenvalue weighted by Crippen LogP contribution is 2.32. The lowest BCUT2D eigenvalue weighted by Gasteiger charge is -2.15. The van der Waals surface area contributed by atoms with Crippen molar-refractivity contribution in [2.24, 2.45) is 0 Å². The van der Waals surface area contributed by atoms with Crippen molar-refractivity contribution in [1.29, 1.82) is 0 Å². The molecule has 0 aliphatic carbocycles. The van der Waals surface area contributed by atoms with Crippen molar-refractivity contribution in [3.05, 3.63) is 114 Å². The van der Waals surface area contributed by atoms with Crippen molar-refractivity contribution in [3.63, 3.8) is 0 Å². The van der Waals surface area contributed by atoms with E-state index in [0.29, 0.717) is 51.5 Å². The Morgan fingerprint density at radius 2 is 1.52 bits per heavy atom. The van der Waals surface area contributed by atoms with Gasteiger partial charge in [-0.2, -0.15) is 0 Å². The number of nitrogens with one attached hydrogen (secondary N) is 1. The van der Waals surface area contributed by atoms with Crippen molar-refractivity contribution in [2.45, 2.75) is 13.5 Å². The predicted octanol–water partition coefficient (Wildman–Crippen LogP) is 6.60. The fraction of sp³-hybridized carbons (Fsp3) is 0.147. The maximum atomic E-state index is 13.4. The van der Waals surface area contributed by atoms with Crippen LogP contribution in [0.5, 0.6) is 17.2 Å². The fourth-order valence-corrected chi connectivity index (χ4v) is 4.59. The summed E-state index contributed by atoms with van der Waals surface area (Å²) < 4.78 is 21.9. The van der Waals surface area contributed by atoms with Crippen LogP contribution in [0, 0.1) is 6.92 Å². The average molecular weight is 563 g/mol. The molecule has 212 valence electrons. The highest BCUT2D eigenvalue weighted by molar-refractivity contribution is 6.07. The van der Waals surface area contributed by atoms with Gasteiger partial charge in [0.05, 0.1) is 36.7 Å². The lowest BCUT2D eigenvalue weighted by molar-refractivity contribution is -0.119. The van der Waals surface area contributed by atoms with Crippen LogP contribution in [-0.4, -0.2) is 37.7 Å². The first-order chi connectivity index (χ1) is 20.5. The molecule has 5 aromatic rings. The van der Waals surface area contributed by atoms with E-state index in [1.54, 1.807) is 25.3 Å². The van der Waals surface area contributed by atoms with Crippen LogP contribution in [0.25, 0.3) is 22.2 Å². The van der Waals surface area contributed by atoms with Gasteiger partial charge in [0, 0.05) is 17.0 Å². The van der Waals surface area contributed by atoms with Gasteiger partial charge in [-0.05, 0) is 60.5 Å². The summed E-state index contributed by atoms with van der Waals surface area (Å²) in [4.78, 5) is 30.9. The number of benzene rings is 4. The molecule has 0 saturated heterocycles. The summed E-state index contributed by atoms with van der Waals surface area (Å²) in [6, 6.07) is 29.9. The van der Waals surface area contributed by atoms with Gasteiger partial charge in [-0.1, -0.05) is 48.5 Å². The summed E-state index contributed by atoms with van der Waals surface area (Å²) >= 11 is 0. The van der Waals surface area contributed by atoms with E-state index < -0.39 is 18.5 Å². The number of hydrogen-bond donors (Lipinski definition) is 1. The maximum absolute atomic E-state index is 13.4.